The summed E-state index contributed by atoms with van der Waals surface area (Å²) in [4.78, 5) is 24.9. The largest absolute Gasteiger partial charge is 0.447 e. The zero-order chi connectivity index (χ0) is 22.7. The number of ether oxygens (including phenoxy) is 1. The molecule has 0 atom stereocenters. The van der Waals surface area contributed by atoms with Crippen LogP contribution in [-0.2, 0) is 0 Å². The Bertz CT molecular complexity index is 1210. The SMILES string of the molecule is Cc1ccc(N=Cc2cc(Cl)c(Oc3ccc([N+](=O)[O-])cc3[N+](=O)[O-])c(Cl)c2)cc1Cl. The Balaban J connectivity index is 1.91. The molecule has 0 amide bonds. The van der Waals surface area contributed by atoms with Crippen LogP contribution in [0.25, 0.3) is 0 Å². The van der Waals surface area contributed by atoms with E-state index in [1.165, 1.54) is 18.3 Å². The van der Waals surface area contributed by atoms with Crippen LogP contribution in [0.5, 0.6) is 11.5 Å². The van der Waals surface area contributed by atoms with Crippen molar-refractivity contribution in [3.05, 3.63) is 95.0 Å². The van der Waals surface area contributed by atoms with Crippen molar-refractivity contribution in [3.8, 4) is 11.5 Å². The van der Waals surface area contributed by atoms with Gasteiger partial charge in [0, 0.05) is 17.3 Å². The van der Waals surface area contributed by atoms with Crippen molar-refractivity contribution >= 4 is 58.1 Å². The average Bonchev–Trinajstić information content (AvgIpc) is 2.71. The first-order chi connectivity index (χ1) is 14.7. The molecule has 0 unspecified atom stereocenters. The quantitative estimate of drug-likeness (QED) is 0.209. The lowest BCUT2D eigenvalue weighted by atomic mass is 10.2. The van der Waals surface area contributed by atoms with Gasteiger partial charge in [0.1, 0.15) is 0 Å². The molecule has 0 aromatic heterocycles. The molecule has 8 nitrogen and oxygen atoms in total. The van der Waals surface area contributed by atoms with E-state index in [1.807, 2.05) is 13.0 Å². The maximum Gasteiger partial charge on any atom is 0.318 e. The third-order valence-corrected chi connectivity index (χ3v) is 5.07. The number of rotatable bonds is 6. The van der Waals surface area contributed by atoms with Crippen LogP contribution in [0.2, 0.25) is 15.1 Å². The molecule has 0 aliphatic heterocycles. The molecular weight excluding hydrogens is 469 g/mol. The second-order valence-electron chi connectivity index (χ2n) is 6.27. The molecule has 11 heteroatoms. The monoisotopic (exact) mass is 479 g/mol. The lowest BCUT2D eigenvalue weighted by Gasteiger charge is -2.10. The molecule has 3 aromatic rings. The fourth-order valence-electron chi connectivity index (χ4n) is 2.52. The van der Waals surface area contributed by atoms with Crippen LogP contribution in [0.4, 0.5) is 17.1 Å². The van der Waals surface area contributed by atoms with Gasteiger partial charge >= 0.3 is 5.69 Å². The van der Waals surface area contributed by atoms with Crippen LogP contribution in [0, 0.1) is 27.2 Å². The number of hydrogen-bond acceptors (Lipinski definition) is 6. The highest BCUT2D eigenvalue weighted by molar-refractivity contribution is 6.37. The van der Waals surface area contributed by atoms with Gasteiger partial charge in [-0.2, -0.15) is 0 Å². The summed E-state index contributed by atoms with van der Waals surface area (Å²) in [5, 5.41) is 22.9. The third kappa shape index (κ3) is 5.29. The van der Waals surface area contributed by atoms with E-state index in [-0.39, 0.29) is 21.5 Å². The van der Waals surface area contributed by atoms with E-state index in [0.717, 1.165) is 23.8 Å². The van der Waals surface area contributed by atoms with Gasteiger partial charge in [-0.25, -0.2) is 0 Å². The van der Waals surface area contributed by atoms with Gasteiger partial charge in [-0.1, -0.05) is 40.9 Å². The molecule has 0 saturated carbocycles. The molecule has 31 heavy (non-hydrogen) atoms. The van der Waals surface area contributed by atoms with Gasteiger partial charge in [-0.3, -0.25) is 25.2 Å². The Labute approximate surface area is 191 Å². The van der Waals surface area contributed by atoms with Crippen molar-refractivity contribution < 1.29 is 14.6 Å². The maximum absolute atomic E-state index is 11.3. The van der Waals surface area contributed by atoms with E-state index >= 15 is 0 Å². The molecule has 0 aliphatic rings. The Kier molecular flexibility index (Phi) is 6.74. The highest BCUT2D eigenvalue weighted by Crippen LogP contribution is 2.41. The second kappa shape index (κ2) is 9.30. The van der Waals surface area contributed by atoms with E-state index in [2.05, 4.69) is 4.99 Å². The molecule has 0 spiro atoms. The first-order valence-electron chi connectivity index (χ1n) is 8.55. The highest BCUT2D eigenvalue weighted by atomic mass is 35.5. The third-order valence-electron chi connectivity index (χ3n) is 4.10. The summed E-state index contributed by atoms with van der Waals surface area (Å²) >= 11 is 18.6. The lowest BCUT2D eigenvalue weighted by molar-refractivity contribution is -0.394. The fraction of sp³-hybridized carbons (Fsp3) is 0.0500. The van der Waals surface area contributed by atoms with Crippen molar-refractivity contribution in [1.29, 1.82) is 0 Å². The lowest BCUT2D eigenvalue weighted by Crippen LogP contribution is -1.97. The van der Waals surface area contributed by atoms with Gasteiger partial charge in [0.15, 0.2) is 5.75 Å². The van der Waals surface area contributed by atoms with Crippen LogP contribution in [0.1, 0.15) is 11.1 Å². The van der Waals surface area contributed by atoms with Crippen LogP contribution in [-0.4, -0.2) is 16.1 Å². The van der Waals surface area contributed by atoms with Gasteiger partial charge in [0.05, 0.1) is 31.6 Å². The summed E-state index contributed by atoms with van der Waals surface area (Å²) < 4.78 is 5.52. The molecular formula is C20H12Cl3N3O5. The normalized spacial score (nSPS) is 11.0. The standard InChI is InChI=1S/C20H12Cl3N3O5/c1-11-2-3-13(8-15(11)21)24-10-12-6-16(22)20(17(23)7-12)31-19-5-4-14(25(27)28)9-18(19)26(29)30/h2-10H,1H3. The number of aliphatic imine (C=N–C) groups is 1. The van der Waals surface area contributed by atoms with Gasteiger partial charge in [0.2, 0.25) is 5.75 Å². The zero-order valence-electron chi connectivity index (χ0n) is 15.7. The Morgan fingerprint density at radius 2 is 1.58 bits per heavy atom. The number of nitrogens with zero attached hydrogens (tertiary/aromatic N) is 3. The van der Waals surface area contributed by atoms with E-state index < -0.39 is 21.2 Å². The average molecular weight is 481 g/mol. The Hall–Kier alpha value is -3.20. The first kappa shape index (κ1) is 22.5. The number of benzene rings is 3. The van der Waals surface area contributed by atoms with E-state index in [9.17, 15) is 20.2 Å². The predicted octanol–water partition coefficient (Wildman–Crippen LogP) is 7.31. The maximum atomic E-state index is 11.3. The van der Waals surface area contributed by atoms with Crippen LogP contribution in [0.15, 0.2) is 53.5 Å². The zero-order valence-corrected chi connectivity index (χ0v) is 18.0. The summed E-state index contributed by atoms with van der Waals surface area (Å²) in [6, 6.07) is 11.4. The smallest absolute Gasteiger partial charge is 0.318 e. The number of non-ortho nitro benzene ring substituents is 1. The highest BCUT2D eigenvalue weighted by Gasteiger charge is 2.23. The van der Waals surface area contributed by atoms with Crippen LogP contribution in [0.3, 0.4) is 0 Å². The predicted molar refractivity (Wildman–Crippen MR) is 120 cm³/mol. The van der Waals surface area contributed by atoms with E-state index in [0.29, 0.717) is 16.3 Å². The molecule has 0 aliphatic carbocycles. The molecule has 0 fully saturated rings. The molecule has 158 valence electrons. The van der Waals surface area contributed by atoms with Crippen molar-refractivity contribution in [3.63, 3.8) is 0 Å². The summed E-state index contributed by atoms with van der Waals surface area (Å²) in [6.07, 6.45) is 1.52. The van der Waals surface area contributed by atoms with Crippen LogP contribution >= 0.6 is 34.8 Å². The second-order valence-corrected chi connectivity index (χ2v) is 7.50. The molecule has 0 saturated heterocycles. The van der Waals surface area contributed by atoms with Crippen molar-refractivity contribution in [1.82, 2.24) is 0 Å². The molecule has 3 aromatic carbocycles. The van der Waals surface area contributed by atoms with E-state index in [1.54, 1.807) is 12.1 Å². The summed E-state index contributed by atoms with van der Waals surface area (Å²) in [7, 11) is 0. The number of aryl methyl sites for hydroxylation is 1. The number of nitro groups is 2. The Morgan fingerprint density at radius 3 is 2.16 bits per heavy atom. The minimum absolute atomic E-state index is 0.0317. The summed E-state index contributed by atoms with van der Waals surface area (Å²) in [5.74, 6) is -0.272. The van der Waals surface area contributed by atoms with E-state index in [4.69, 9.17) is 39.5 Å². The topological polar surface area (TPSA) is 108 Å². The van der Waals surface area contributed by atoms with Crippen molar-refractivity contribution in [2.45, 2.75) is 6.92 Å². The van der Waals surface area contributed by atoms with Gasteiger partial charge in [-0.15, -0.1) is 0 Å². The molecule has 0 heterocycles. The minimum Gasteiger partial charge on any atom is -0.447 e. The van der Waals surface area contributed by atoms with Crippen molar-refractivity contribution in [2.75, 3.05) is 0 Å². The summed E-state index contributed by atoms with van der Waals surface area (Å²) in [6.45, 7) is 1.88. The van der Waals surface area contributed by atoms with Crippen LogP contribution < -0.4 is 4.74 Å². The summed E-state index contributed by atoms with van der Waals surface area (Å²) in [5.41, 5.74) is 1.07. The Morgan fingerprint density at radius 1 is 0.903 bits per heavy atom. The van der Waals surface area contributed by atoms with Gasteiger partial charge in [-0.05, 0) is 48.4 Å². The number of halogens is 3. The van der Waals surface area contributed by atoms with Crippen molar-refractivity contribution in [2.24, 2.45) is 4.99 Å². The molecule has 3 rings (SSSR count). The molecule has 0 N–H and O–H groups in total. The number of nitro benzene ring substituents is 2. The van der Waals surface area contributed by atoms with Gasteiger partial charge < -0.3 is 4.74 Å². The van der Waals surface area contributed by atoms with Gasteiger partial charge in [0.25, 0.3) is 5.69 Å². The molecule has 0 radical (unpaired) electrons. The fourth-order valence-corrected chi connectivity index (χ4v) is 3.28. The minimum atomic E-state index is -0.794. The first-order valence-corrected chi connectivity index (χ1v) is 9.69. The molecule has 0 bridgehead atoms. The number of hydrogen-bond donors (Lipinski definition) is 0.